The van der Waals surface area contributed by atoms with E-state index in [2.05, 4.69) is 5.32 Å². The van der Waals surface area contributed by atoms with E-state index in [4.69, 9.17) is 4.42 Å². The fourth-order valence-electron chi connectivity index (χ4n) is 2.43. The first-order valence-corrected chi connectivity index (χ1v) is 8.69. The van der Waals surface area contributed by atoms with Gasteiger partial charge < -0.3 is 14.6 Å². The van der Waals surface area contributed by atoms with Gasteiger partial charge >= 0.3 is 5.88 Å². The van der Waals surface area contributed by atoms with Crippen LogP contribution in [0.1, 0.15) is 10.6 Å². The monoisotopic (exact) mass is 361 g/mol. The van der Waals surface area contributed by atoms with Gasteiger partial charge in [0, 0.05) is 23.7 Å². The Balaban J connectivity index is 1.53. The predicted molar refractivity (Wildman–Crippen MR) is 91.6 cm³/mol. The van der Waals surface area contributed by atoms with Crippen LogP contribution in [0.5, 0.6) is 0 Å². The maximum absolute atomic E-state index is 12.2. The Morgan fingerprint density at radius 3 is 2.48 bits per heavy atom. The molecule has 1 aliphatic rings. The average molecular weight is 361 g/mol. The quantitative estimate of drug-likeness (QED) is 0.498. The Labute approximate surface area is 147 Å². The van der Waals surface area contributed by atoms with E-state index in [0.717, 1.165) is 11.0 Å². The van der Waals surface area contributed by atoms with Crippen molar-refractivity contribution in [3.05, 3.63) is 52.3 Å². The van der Waals surface area contributed by atoms with Gasteiger partial charge in [-0.2, -0.15) is 0 Å². The molecule has 0 spiro atoms. The predicted octanol–water partition coefficient (Wildman–Crippen LogP) is 2.62. The molecular formula is C16H15N3O5S. The van der Waals surface area contributed by atoms with E-state index in [1.165, 1.54) is 11.0 Å². The SMILES string of the molecule is CSc1ccc(NC(=O)C2CN(C(=O)c3ccc([N+](=O)[O-])o3)C2)cc1. The summed E-state index contributed by atoms with van der Waals surface area (Å²) in [5.41, 5.74) is 0.703. The smallest absolute Gasteiger partial charge is 0.395 e. The molecule has 3 rings (SSSR count). The number of hydrogen-bond acceptors (Lipinski definition) is 6. The summed E-state index contributed by atoms with van der Waals surface area (Å²) in [6.07, 6.45) is 1.97. The molecule has 1 fully saturated rings. The largest absolute Gasteiger partial charge is 0.433 e. The standard InChI is InChI=1S/C16H15N3O5S/c1-25-12-4-2-11(3-5-12)17-15(20)10-8-18(9-10)16(21)13-6-7-14(24-13)19(22)23/h2-7,10H,8-9H2,1H3,(H,17,20). The van der Waals surface area contributed by atoms with E-state index in [1.54, 1.807) is 11.8 Å². The molecule has 9 heteroatoms. The van der Waals surface area contributed by atoms with Crippen LogP contribution in [0.4, 0.5) is 11.6 Å². The Bertz CT molecular complexity index is 811. The summed E-state index contributed by atoms with van der Waals surface area (Å²) in [6, 6.07) is 9.89. The van der Waals surface area contributed by atoms with E-state index >= 15 is 0 Å². The van der Waals surface area contributed by atoms with Gasteiger partial charge in [-0.25, -0.2) is 0 Å². The number of nitro groups is 1. The Morgan fingerprint density at radius 1 is 1.24 bits per heavy atom. The van der Waals surface area contributed by atoms with Crippen molar-refractivity contribution in [3.8, 4) is 0 Å². The summed E-state index contributed by atoms with van der Waals surface area (Å²) in [7, 11) is 0. The third-order valence-corrected chi connectivity index (χ3v) is 4.62. The highest BCUT2D eigenvalue weighted by molar-refractivity contribution is 7.98. The molecule has 0 atom stereocenters. The molecule has 2 aromatic rings. The first kappa shape index (κ1) is 17.0. The lowest BCUT2D eigenvalue weighted by Gasteiger charge is -2.37. The zero-order valence-electron chi connectivity index (χ0n) is 13.3. The van der Waals surface area contributed by atoms with Gasteiger partial charge in [0.05, 0.1) is 12.0 Å². The van der Waals surface area contributed by atoms with Crippen molar-refractivity contribution < 1.29 is 18.9 Å². The molecule has 25 heavy (non-hydrogen) atoms. The minimum Gasteiger partial charge on any atom is -0.395 e. The van der Waals surface area contributed by atoms with Gasteiger partial charge in [-0.15, -0.1) is 11.8 Å². The van der Waals surface area contributed by atoms with Crippen LogP contribution in [-0.2, 0) is 4.79 Å². The lowest BCUT2D eigenvalue weighted by atomic mass is 9.98. The molecule has 0 radical (unpaired) electrons. The highest BCUT2D eigenvalue weighted by atomic mass is 32.2. The van der Waals surface area contributed by atoms with Crippen molar-refractivity contribution in [2.45, 2.75) is 4.90 Å². The zero-order valence-corrected chi connectivity index (χ0v) is 14.1. The zero-order chi connectivity index (χ0) is 18.0. The number of amides is 2. The third-order valence-electron chi connectivity index (χ3n) is 3.88. The number of nitrogens with one attached hydrogen (secondary N) is 1. The number of carbonyl (C=O) groups is 2. The number of thioether (sulfide) groups is 1. The fourth-order valence-corrected chi connectivity index (χ4v) is 2.83. The maximum atomic E-state index is 12.2. The van der Waals surface area contributed by atoms with Gasteiger partial charge in [0.25, 0.3) is 5.91 Å². The van der Waals surface area contributed by atoms with Gasteiger partial charge in [-0.3, -0.25) is 19.7 Å². The molecule has 1 aromatic carbocycles. The van der Waals surface area contributed by atoms with Gasteiger partial charge in [0.2, 0.25) is 5.91 Å². The topological polar surface area (TPSA) is 106 Å². The summed E-state index contributed by atoms with van der Waals surface area (Å²) in [4.78, 5) is 36.7. The molecule has 0 aliphatic carbocycles. The Morgan fingerprint density at radius 2 is 1.92 bits per heavy atom. The van der Waals surface area contributed by atoms with Gasteiger partial charge in [-0.05, 0) is 36.6 Å². The minimum atomic E-state index is -0.703. The van der Waals surface area contributed by atoms with Crippen LogP contribution >= 0.6 is 11.8 Å². The summed E-state index contributed by atoms with van der Waals surface area (Å²) in [6.45, 7) is 0.504. The Hall–Kier alpha value is -2.81. The van der Waals surface area contributed by atoms with Crippen molar-refractivity contribution in [2.24, 2.45) is 5.92 Å². The van der Waals surface area contributed by atoms with E-state index in [-0.39, 0.29) is 30.7 Å². The molecule has 2 heterocycles. The van der Waals surface area contributed by atoms with Crippen molar-refractivity contribution in [2.75, 3.05) is 24.7 Å². The second-order valence-electron chi connectivity index (χ2n) is 5.52. The molecule has 0 unspecified atom stereocenters. The first-order chi connectivity index (χ1) is 12.0. The van der Waals surface area contributed by atoms with E-state index in [0.29, 0.717) is 5.69 Å². The van der Waals surface area contributed by atoms with Crippen LogP contribution in [0.25, 0.3) is 0 Å². The molecule has 1 aromatic heterocycles. The molecule has 0 saturated carbocycles. The molecule has 1 N–H and O–H groups in total. The van der Waals surface area contributed by atoms with Crippen LogP contribution < -0.4 is 5.32 Å². The molecule has 1 saturated heterocycles. The summed E-state index contributed by atoms with van der Waals surface area (Å²) < 4.78 is 4.88. The van der Waals surface area contributed by atoms with E-state index in [1.807, 2.05) is 30.5 Å². The van der Waals surface area contributed by atoms with E-state index in [9.17, 15) is 19.7 Å². The third kappa shape index (κ3) is 3.66. The summed E-state index contributed by atoms with van der Waals surface area (Å²) in [5.74, 6) is -1.51. The molecule has 8 nitrogen and oxygen atoms in total. The number of anilines is 1. The number of likely N-dealkylation sites (tertiary alicyclic amines) is 1. The van der Waals surface area contributed by atoms with Crippen molar-refractivity contribution >= 4 is 35.1 Å². The van der Waals surface area contributed by atoms with Crippen molar-refractivity contribution in [1.82, 2.24) is 4.90 Å². The molecule has 2 amide bonds. The number of hydrogen-bond donors (Lipinski definition) is 1. The highest BCUT2D eigenvalue weighted by Gasteiger charge is 2.37. The van der Waals surface area contributed by atoms with Crippen LogP contribution in [0.15, 0.2) is 45.7 Å². The second-order valence-corrected chi connectivity index (χ2v) is 6.40. The maximum Gasteiger partial charge on any atom is 0.433 e. The minimum absolute atomic E-state index is 0.0989. The second kappa shape index (κ2) is 6.98. The normalized spacial score (nSPS) is 14.0. The molecule has 0 bridgehead atoms. The molecule has 1 aliphatic heterocycles. The number of nitrogens with zero attached hydrogens (tertiary/aromatic N) is 2. The first-order valence-electron chi connectivity index (χ1n) is 7.46. The molecule has 130 valence electrons. The lowest BCUT2D eigenvalue weighted by Crippen LogP contribution is -2.54. The van der Waals surface area contributed by atoms with Crippen molar-refractivity contribution in [1.29, 1.82) is 0 Å². The van der Waals surface area contributed by atoms with Gasteiger partial charge in [0.15, 0.2) is 5.76 Å². The van der Waals surface area contributed by atoms with Crippen LogP contribution in [0.3, 0.4) is 0 Å². The van der Waals surface area contributed by atoms with Crippen LogP contribution in [0, 0.1) is 16.0 Å². The lowest BCUT2D eigenvalue weighted by molar-refractivity contribution is -0.402. The summed E-state index contributed by atoms with van der Waals surface area (Å²) >= 11 is 1.62. The number of benzene rings is 1. The summed E-state index contributed by atoms with van der Waals surface area (Å²) in [5, 5.41) is 13.4. The average Bonchev–Trinajstić information content (AvgIpc) is 3.04. The number of rotatable bonds is 5. The van der Waals surface area contributed by atoms with Gasteiger partial charge in [0.1, 0.15) is 4.92 Å². The van der Waals surface area contributed by atoms with Crippen molar-refractivity contribution in [3.63, 3.8) is 0 Å². The highest BCUT2D eigenvalue weighted by Crippen LogP contribution is 2.24. The number of furan rings is 1. The Kier molecular flexibility index (Phi) is 4.75. The number of carbonyl (C=O) groups excluding carboxylic acids is 2. The van der Waals surface area contributed by atoms with Gasteiger partial charge in [-0.1, -0.05) is 0 Å². The van der Waals surface area contributed by atoms with E-state index < -0.39 is 16.7 Å². The van der Waals surface area contributed by atoms with Crippen LogP contribution in [-0.4, -0.2) is 41.0 Å². The fraction of sp³-hybridized carbons (Fsp3) is 0.250. The van der Waals surface area contributed by atoms with Crippen LogP contribution in [0.2, 0.25) is 0 Å². The molecular weight excluding hydrogens is 346 g/mol.